The number of nitrogens with one attached hydrogen (secondary N) is 1. The predicted molar refractivity (Wildman–Crippen MR) is 98.1 cm³/mol. The summed E-state index contributed by atoms with van der Waals surface area (Å²) >= 11 is 0. The van der Waals surface area contributed by atoms with Crippen molar-refractivity contribution in [3.8, 4) is 0 Å². The number of hydrogen-bond acceptors (Lipinski definition) is 5. The van der Waals surface area contributed by atoms with E-state index in [0.717, 1.165) is 36.5 Å². The monoisotopic (exact) mass is 366 g/mol. The van der Waals surface area contributed by atoms with Crippen molar-refractivity contribution in [1.82, 2.24) is 19.6 Å². The quantitative estimate of drug-likeness (QED) is 0.662. The number of aromatic nitrogens is 4. The van der Waals surface area contributed by atoms with Crippen molar-refractivity contribution in [2.24, 2.45) is 0 Å². The van der Waals surface area contributed by atoms with Crippen molar-refractivity contribution < 1.29 is 9.18 Å². The number of aryl methyl sites for hydroxylation is 1. The minimum absolute atomic E-state index is 0.0361. The van der Waals surface area contributed by atoms with Gasteiger partial charge in [0.2, 0.25) is 5.91 Å². The molecule has 0 saturated carbocycles. The van der Waals surface area contributed by atoms with Crippen LogP contribution in [0.2, 0.25) is 0 Å². The van der Waals surface area contributed by atoms with Crippen molar-refractivity contribution in [1.29, 1.82) is 0 Å². The number of fused-ring (bicyclic) bond motifs is 5. The molecule has 2 aliphatic rings. The maximum atomic E-state index is 14.0. The average Bonchev–Trinajstić information content (AvgIpc) is 3.29. The number of carbonyl (C=O) groups is 1. The zero-order valence-corrected chi connectivity index (χ0v) is 14.7. The Labute approximate surface area is 155 Å². The molecule has 2 bridgehead atoms. The highest BCUT2D eigenvalue weighted by Crippen LogP contribution is 2.37. The summed E-state index contributed by atoms with van der Waals surface area (Å²) in [5.74, 6) is 0.389. The molecule has 27 heavy (non-hydrogen) atoms. The molecule has 0 radical (unpaired) electrons. The summed E-state index contributed by atoms with van der Waals surface area (Å²) in [6, 6.07) is 3.54. The number of rotatable bonds is 0. The lowest BCUT2D eigenvalue weighted by molar-refractivity contribution is -0.116. The van der Waals surface area contributed by atoms with E-state index in [0.29, 0.717) is 30.6 Å². The molecule has 0 spiro atoms. The van der Waals surface area contributed by atoms with E-state index in [1.54, 1.807) is 16.8 Å². The van der Waals surface area contributed by atoms with E-state index in [1.807, 2.05) is 12.3 Å². The Morgan fingerprint density at radius 3 is 3.07 bits per heavy atom. The highest BCUT2D eigenvalue weighted by molar-refractivity contribution is 5.94. The van der Waals surface area contributed by atoms with Gasteiger partial charge in [0.15, 0.2) is 5.65 Å². The molecule has 2 aliphatic heterocycles. The minimum Gasteiger partial charge on any atom is -0.349 e. The number of halogens is 1. The zero-order valence-electron chi connectivity index (χ0n) is 14.7. The third-order valence-electron chi connectivity index (χ3n) is 5.32. The number of nitrogens with zero attached hydrogens (tertiary/aromatic N) is 5. The summed E-state index contributed by atoms with van der Waals surface area (Å²) in [6.07, 6.45) is 8.32. The first kappa shape index (κ1) is 16.2. The van der Waals surface area contributed by atoms with Gasteiger partial charge in [0.1, 0.15) is 17.3 Å². The van der Waals surface area contributed by atoms with Gasteiger partial charge in [0.25, 0.3) is 0 Å². The Bertz CT molecular complexity index is 1030. The van der Waals surface area contributed by atoms with E-state index >= 15 is 0 Å². The van der Waals surface area contributed by atoms with Crippen molar-refractivity contribution in [2.75, 3.05) is 16.8 Å². The highest BCUT2D eigenvalue weighted by atomic mass is 19.1. The standard InChI is InChI=1S/C19H19FN6O/c20-12-9-13-14(21-10-12)3-1-5-18(27)23-15-11-22-26-8-6-17(24-19(15)26)25-7-2-4-16(13)25/h6,8-11,16H,1-5,7H2,(H,23,27)/t16-/m1/s1. The third kappa shape index (κ3) is 2.81. The smallest absolute Gasteiger partial charge is 0.224 e. The van der Waals surface area contributed by atoms with E-state index in [-0.39, 0.29) is 17.8 Å². The summed E-state index contributed by atoms with van der Waals surface area (Å²) in [5, 5.41) is 7.17. The normalized spacial score (nSPS) is 19.8. The average molecular weight is 366 g/mol. The molecule has 5 rings (SSSR count). The van der Waals surface area contributed by atoms with Crippen LogP contribution in [0.5, 0.6) is 0 Å². The van der Waals surface area contributed by atoms with Crippen LogP contribution < -0.4 is 10.2 Å². The van der Waals surface area contributed by atoms with E-state index in [9.17, 15) is 9.18 Å². The van der Waals surface area contributed by atoms with Gasteiger partial charge in [-0.3, -0.25) is 9.78 Å². The number of carbonyl (C=O) groups excluding carboxylic acids is 1. The minimum atomic E-state index is -0.329. The summed E-state index contributed by atoms with van der Waals surface area (Å²) in [4.78, 5) is 23.6. The van der Waals surface area contributed by atoms with Crippen LogP contribution in [0.4, 0.5) is 15.9 Å². The van der Waals surface area contributed by atoms with Gasteiger partial charge in [-0.05, 0) is 43.4 Å². The van der Waals surface area contributed by atoms with Gasteiger partial charge in [0, 0.05) is 24.9 Å². The first-order chi connectivity index (χ1) is 13.2. The fourth-order valence-corrected chi connectivity index (χ4v) is 4.08. The SMILES string of the molecule is O=C1CCCc2ncc(F)cc2[C@H]2CCCN2c2ccn3ncc(c3n2)N1. The van der Waals surface area contributed by atoms with Crippen LogP contribution in [0.3, 0.4) is 0 Å². The zero-order chi connectivity index (χ0) is 18.4. The van der Waals surface area contributed by atoms with Crippen molar-refractivity contribution in [2.45, 2.75) is 38.1 Å². The first-order valence-electron chi connectivity index (χ1n) is 9.24. The van der Waals surface area contributed by atoms with E-state index in [1.165, 1.54) is 6.20 Å². The molecule has 1 atom stereocenters. The first-order valence-corrected chi connectivity index (χ1v) is 9.24. The van der Waals surface area contributed by atoms with Crippen molar-refractivity contribution in [3.05, 3.63) is 47.8 Å². The molecule has 0 aromatic carbocycles. The van der Waals surface area contributed by atoms with E-state index in [4.69, 9.17) is 4.98 Å². The lowest BCUT2D eigenvalue weighted by Gasteiger charge is -2.27. The second-order valence-electron chi connectivity index (χ2n) is 7.05. The summed E-state index contributed by atoms with van der Waals surface area (Å²) < 4.78 is 15.6. The second kappa shape index (κ2) is 6.29. The Balaban J connectivity index is 1.67. The van der Waals surface area contributed by atoms with Gasteiger partial charge in [-0.2, -0.15) is 5.10 Å². The van der Waals surface area contributed by atoms with Crippen LogP contribution in [0.25, 0.3) is 5.65 Å². The molecule has 138 valence electrons. The van der Waals surface area contributed by atoms with Crippen LogP contribution >= 0.6 is 0 Å². The fraction of sp³-hybridized carbons (Fsp3) is 0.368. The number of hydrogen-bond donors (Lipinski definition) is 1. The predicted octanol–water partition coefficient (Wildman–Crippen LogP) is 2.88. The Morgan fingerprint density at radius 2 is 2.15 bits per heavy atom. The maximum Gasteiger partial charge on any atom is 0.224 e. The van der Waals surface area contributed by atoms with Crippen molar-refractivity contribution >= 4 is 23.1 Å². The molecule has 1 amide bonds. The van der Waals surface area contributed by atoms with Crippen molar-refractivity contribution in [3.63, 3.8) is 0 Å². The Morgan fingerprint density at radius 1 is 1.22 bits per heavy atom. The third-order valence-corrected chi connectivity index (χ3v) is 5.32. The summed E-state index contributed by atoms with van der Waals surface area (Å²) in [5.41, 5.74) is 2.99. The van der Waals surface area contributed by atoms with Gasteiger partial charge in [-0.1, -0.05) is 0 Å². The Hall–Kier alpha value is -3.03. The molecule has 1 saturated heterocycles. The molecule has 8 heteroatoms. The molecular formula is C19H19FN6O. The van der Waals surface area contributed by atoms with Gasteiger partial charge in [0.05, 0.1) is 18.4 Å². The highest BCUT2D eigenvalue weighted by Gasteiger charge is 2.30. The molecule has 0 aliphatic carbocycles. The Kier molecular flexibility index (Phi) is 3.77. The number of pyridine rings is 1. The number of amides is 1. The largest absolute Gasteiger partial charge is 0.349 e. The van der Waals surface area contributed by atoms with Gasteiger partial charge >= 0.3 is 0 Å². The molecule has 3 aromatic heterocycles. The molecule has 0 unspecified atom stereocenters. The topological polar surface area (TPSA) is 75.4 Å². The molecular weight excluding hydrogens is 347 g/mol. The fourth-order valence-electron chi connectivity index (χ4n) is 4.08. The molecule has 7 nitrogen and oxygen atoms in total. The second-order valence-corrected chi connectivity index (χ2v) is 7.05. The summed E-state index contributed by atoms with van der Waals surface area (Å²) in [7, 11) is 0. The molecule has 3 aromatic rings. The van der Waals surface area contributed by atoms with Crippen LogP contribution in [0, 0.1) is 5.82 Å². The van der Waals surface area contributed by atoms with Gasteiger partial charge < -0.3 is 10.2 Å². The van der Waals surface area contributed by atoms with E-state index < -0.39 is 0 Å². The van der Waals surface area contributed by atoms with Crippen LogP contribution in [0.1, 0.15) is 43.0 Å². The molecule has 1 N–H and O–H groups in total. The van der Waals surface area contributed by atoms with Crippen LogP contribution in [-0.4, -0.2) is 32.0 Å². The van der Waals surface area contributed by atoms with E-state index in [2.05, 4.69) is 20.3 Å². The van der Waals surface area contributed by atoms with Crippen LogP contribution in [0.15, 0.2) is 30.7 Å². The lowest BCUT2D eigenvalue weighted by atomic mass is 9.99. The molecule has 1 fully saturated rings. The van der Waals surface area contributed by atoms with Crippen LogP contribution in [-0.2, 0) is 11.2 Å². The lowest BCUT2D eigenvalue weighted by Crippen LogP contribution is -2.25. The maximum absolute atomic E-state index is 14.0. The number of anilines is 2. The summed E-state index contributed by atoms with van der Waals surface area (Å²) in [6.45, 7) is 0.847. The van der Waals surface area contributed by atoms with Gasteiger partial charge in [-0.25, -0.2) is 13.9 Å². The molecule has 5 heterocycles. The van der Waals surface area contributed by atoms with Gasteiger partial charge in [-0.15, -0.1) is 0 Å².